The van der Waals surface area contributed by atoms with Gasteiger partial charge in [0.1, 0.15) is 12.1 Å². The first-order chi connectivity index (χ1) is 8.61. The van der Waals surface area contributed by atoms with Crippen molar-refractivity contribution in [3.05, 3.63) is 35.4 Å². The van der Waals surface area contributed by atoms with Gasteiger partial charge in [-0.1, -0.05) is 24.3 Å². The average Bonchev–Trinajstić information content (AvgIpc) is 2.38. The van der Waals surface area contributed by atoms with E-state index in [-0.39, 0.29) is 6.61 Å². The van der Waals surface area contributed by atoms with E-state index in [2.05, 4.69) is 0 Å². The number of esters is 1. The molecule has 0 aliphatic rings. The molecule has 0 amide bonds. The summed E-state index contributed by atoms with van der Waals surface area (Å²) in [5.74, 6) is -0.614. The van der Waals surface area contributed by atoms with Crippen LogP contribution in [0.5, 0.6) is 0 Å². The van der Waals surface area contributed by atoms with Crippen LogP contribution in [0.2, 0.25) is 0 Å². The fraction of sp³-hybridized carbons (Fsp3) is 0.462. The molecule has 0 aromatic heterocycles. The third kappa shape index (κ3) is 3.53. The Bertz CT molecular complexity index is 394. The molecule has 0 aliphatic carbocycles. The molecule has 2 unspecified atom stereocenters. The van der Waals surface area contributed by atoms with Crippen molar-refractivity contribution in [2.24, 2.45) is 5.73 Å². The van der Waals surface area contributed by atoms with Gasteiger partial charge in [0.2, 0.25) is 0 Å². The summed E-state index contributed by atoms with van der Waals surface area (Å²) in [5.41, 5.74) is 7.06. The van der Waals surface area contributed by atoms with Crippen LogP contribution in [-0.2, 0) is 20.9 Å². The van der Waals surface area contributed by atoms with Crippen molar-refractivity contribution in [2.75, 3.05) is 13.7 Å². The number of benzene rings is 1. The number of hydrogen-bond acceptors (Lipinski definition) is 5. The van der Waals surface area contributed by atoms with Gasteiger partial charge in [0.15, 0.2) is 0 Å². The van der Waals surface area contributed by atoms with Gasteiger partial charge in [-0.25, -0.2) is 0 Å². The molecule has 1 aromatic carbocycles. The molecule has 0 saturated heterocycles. The number of aliphatic hydroxyl groups excluding tert-OH is 1. The number of rotatable bonds is 6. The highest BCUT2D eigenvalue weighted by atomic mass is 16.5. The summed E-state index contributed by atoms with van der Waals surface area (Å²) in [4.78, 5) is 11.5. The maximum Gasteiger partial charge on any atom is 0.325 e. The van der Waals surface area contributed by atoms with Crippen molar-refractivity contribution in [3.8, 4) is 0 Å². The Kier molecular flexibility index (Phi) is 5.77. The highest BCUT2D eigenvalue weighted by Crippen LogP contribution is 2.21. The lowest BCUT2D eigenvalue weighted by atomic mass is 9.98. The quantitative estimate of drug-likeness (QED) is 0.731. The normalized spacial score (nSPS) is 14.0. The van der Waals surface area contributed by atoms with Gasteiger partial charge in [-0.2, -0.15) is 0 Å². The average molecular weight is 253 g/mol. The molecular formula is C13H19NO4. The molecule has 0 bridgehead atoms. The van der Waals surface area contributed by atoms with E-state index in [0.717, 1.165) is 5.56 Å². The minimum atomic E-state index is -1.10. The van der Waals surface area contributed by atoms with Crippen LogP contribution < -0.4 is 5.73 Å². The number of carbonyl (C=O) groups excluding carboxylic acids is 1. The molecule has 0 saturated carbocycles. The molecule has 0 radical (unpaired) electrons. The Morgan fingerprint density at radius 2 is 2.11 bits per heavy atom. The molecule has 0 spiro atoms. The van der Waals surface area contributed by atoms with Gasteiger partial charge >= 0.3 is 5.97 Å². The molecule has 5 heteroatoms. The Morgan fingerprint density at radius 1 is 1.44 bits per heavy atom. The van der Waals surface area contributed by atoms with Crippen LogP contribution in [0, 0.1) is 0 Å². The molecule has 18 heavy (non-hydrogen) atoms. The van der Waals surface area contributed by atoms with Gasteiger partial charge in [0, 0.05) is 7.11 Å². The molecule has 1 aromatic rings. The zero-order valence-electron chi connectivity index (χ0n) is 10.6. The number of methoxy groups -OCH3 is 1. The lowest BCUT2D eigenvalue weighted by Gasteiger charge is -2.20. The van der Waals surface area contributed by atoms with Crippen molar-refractivity contribution >= 4 is 5.97 Å². The number of carbonyl (C=O) groups is 1. The molecule has 1 rings (SSSR count). The van der Waals surface area contributed by atoms with Crippen LogP contribution >= 0.6 is 0 Å². The van der Waals surface area contributed by atoms with E-state index in [9.17, 15) is 9.90 Å². The monoisotopic (exact) mass is 253 g/mol. The fourth-order valence-electron chi connectivity index (χ4n) is 1.67. The van der Waals surface area contributed by atoms with Crippen LogP contribution in [0.3, 0.4) is 0 Å². The highest BCUT2D eigenvalue weighted by Gasteiger charge is 2.26. The summed E-state index contributed by atoms with van der Waals surface area (Å²) in [6.45, 7) is 2.28. The first-order valence-electron chi connectivity index (χ1n) is 5.78. The van der Waals surface area contributed by atoms with Crippen molar-refractivity contribution in [1.82, 2.24) is 0 Å². The van der Waals surface area contributed by atoms with E-state index in [4.69, 9.17) is 15.2 Å². The van der Waals surface area contributed by atoms with Gasteiger partial charge < -0.3 is 20.3 Å². The molecule has 100 valence electrons. The maximum atomic E-state index is 11.5. The predicted molar refractivity (Wildman–Crippen MR) is 66.7 cm³/mol. The third-order valence-corrected chi connectivity index (χ3v) is 2.57. The van der Waals surface area contributed by atoms with E-state index < -0.39 is 18.1 Å². The van der Waals surface area contributed by atoms with Crippen LogP contribution in [0.1, 0.15) is 24.2 Å². The second kappa shape index (κ2) is 7.10. The Morgan fingerprint density at radius 3 is 2.72 bits per heavy atom. The highest BCUT2D eigenvalue weighted by molar-refractivity contribution is 5.76. The SMILES string of the molecule is CCOC(=O)C(N)C(O)c1ccccc1COC. The molecule has 3 N–H and O–H groups in total. The van der Waals surface area contributed by atoms with Crippen LogP contribution in [0.4, 0.5) is 0 Å². The maximum absolute atomic E-state index is 11.5. The predicted octanol–water partition coefficient (Wildman–Crippen LogP) is 0.757. The van der Waals surface area contributed by atoms with Gasteiger partial charge in [0.05, 0.1) is 13.2 Å². The Labute approximate surface area is 107 Å². The van der Waals surface area contributed by atoms with Crippen molar-refractivity contribution in [1.29, 1.82) is 0 Å². The molecule has 5 nitrogen and oxygen atoms in total. The number of aliphatic hydroxyl groups is 1. The van der Waals surface area contributed by atoms with E-state index in [1.807, 2.05) is 12.1 Å². The van der Waals surface area contributed by atoms with Gasteiger partial charge in [-0.15, -0.1) is 0 Å². The van der Waals surface area contributed by atoms with Gasteiger partial charge in [-0.3, -0.25) is 4.79 Å². The molecule has 0 heterocycles. The van der Waals surface area contributed by atoms with Crippen LogP contribution in [0.25, 0.3) is 0 Å². The zero-order chi connectivity index (χ0) is 13.5. The minimum absolute atomic E-state index is 0.235. The summed E-state index contributed by atoms with van der Waals surface area (Å²) >= 11 is 0. The van der Waals surface area contributed by atoms with E-state index in [0.29, 0.717) is 12.2 Å². The molecule has 0 fully saturated rings. The summed E-state index contributed by atoms with van der Waals surface area (Å²) in [6, 6.07) is 6.05. The topological polar surface area (TPSA) is 81.8 Å². The minimum Gasteiger partial charge on any atom is -0.465 e. The van der Waals surface area contributed by atoms with E-state index >= 15 is 0 Å². The smallest absolute Gasteiger partial charge is 0.325 e. The standard InChI is InChI=1S/C13H19NO4/c1-3-18-13(16)11(14)12(15)10-7-5-4-6-9(10)8-17-2/h4-7,11-12,15H,3,8,14H2,1-2H3. The van der Waals surface area contributed by atoms with Gasteiger partial charge in [-0.05, 0) is 18.1 Å². The second-order valence-corrected chi connectivity index (χ2v) is 3.85. The third-order valence-electron chi connectivity index (χ3n) is 2.57. The second-order valence-electron chi connectivity index (χ2n) is 3.85. The number of hydrogen-bond donors (Lipinski definition) is 2. The van der Waals surface area contributed by atoms with Gasteiger partial charge in [0.25, 0.3) is 0 Å². The van der Waals surface area contributed by atoms with Crippen molar-refractivity contribution < 1.29 is 19.4 Å². The first kappa shape index (κ1) is 14.6. The first-order valence-corrected chi connectivity index (χ1v) is 5.78. The Balaban J connectivity index is 2.88. The number of nitrogens with two attached hydrogens (primary N) is 1. The van der Waals surface area contributed by atoms with Crippen LogP contribution in [0.15, 0.2) is 24.3 Å². The summed E-state index contributed by atoms with van der Waals surface area (Å²) < 4.78 is 9.83. The van der Waals surface area contributed by atoms with E-state index in [1.54, 1.807) is 26.2 Å². The molecular weight excluding hydrogens is 234 g/mol. The van der Waals surface area contributed by atoms with Crippen molar-refractivity contribution in [3.63, 3.8) is 0 Å². The molecule has 0 aliphatic heterocycles. The summed E-state index contributed by atoms with van der Waals surface area (Å²) in [6.07, 6.45) is -1.10. The zero-order valence-corrected chi connectivity index (χ0v) is 10.6. The largest absolute Gasteiger partial charge is 0.465 e. The lowest BCUT2D eigenvalue weighted by molar-refractivity contribution is -0.147. The van der Waals surface area contributed by atoms with Crippen LogP contribution in [-0.4, -0.2) is 30.8 Å². The number of ether oxygens (including phenoxy) is 2. The molecule has 2 atom stereocenters. The van der Waals surface area contributed by atoms with Crippen molar-refractivity contribution in [2.45, 2.75) is 25.7 Å². The fourth-order valence-corrected chi connectivity index (χ4v) is 1.67. The van der Waals surface area contributed by atoms with E-state index in [1.165, 1.54) is 0 Å². The lowest BCUT2D eigenvalue weighted by Crippen LogP contribution is -2.38. The Hall–Kier alpha value is -1.43. The summed E-state index contributed by atoms with van der Waals surface area (Å²) in [7, 11) is 1.56. The summed E-state index contributed by atoms with van der Waals surface area (Å²) in [5, 5.41) is 10.1.